The van der Waals surface area contributed by atoms with E-state index in [1.807, 2.05) is 0 Å². The summed E-state index contributed by atoms with van der Waals surface area (Å²) in [5.41, 5.74) is 0. The predicted octanol–water partition coefficient (Wildman–Crippen LogP) is 19.2. The molecule has 68 heavy (non-hydrogen) atoms. The van der Waals surface area contributed by atoms with Crippen molar-refractivity contribution in [1.29, 1.82) is 0 Å². The van der Waals surface area contributed by atoms with Gasteiger partial charge in [0.2, 0.25) is 0 Å². The van der Waals surface area contributed by atoms with Gasteiger partial charge in [-0.25, -0.2) is 0 Å². The number of hydrogen-bond acceptors (Lipinski definition) is 6. The molecule has 0 unspecified atom stereocenters. The monoisotopic (exact) mass is 947 g/mol. The van der Waals surface area contributed by atoms with E-state index in [4.69, 9.17) is 14.2 Å². The highest BCUT2D eigenvalue weighted by atomic mass is 16.6. The average molecular weight is 948 g/mol. The molecule has 0 aliphatic heterocycles. The second-order valence-corrected chi connectivity index (χ2v) is 18.8. The number of ether oxygens (including phenoxy) is 3. The van der Waals surface area contributed by atoms with Crippen LogP contribution in [-0.2, 0) is 28.6 Å². The normalized spacial score (nSPS) is 12.7. The van der Waals surface area contributed by atoms with Gasteiger partial charge in [0.05, 0.1) is 0 Å². The first kappa shape index (κ1) is 64.6. The number of hydrogen-bond donors (Lipinski definition) is 0. The van der Waals surface area contributed by atoms with Crippen molar-refractivity contribution in [2.75, 3.05) is 13.2 Å². The molecule has 0 radical (unpaired) electrons. The first-order chi connectivity index (χ1) is 33.5. The molecule has 1 atom stereocenters. The fraction of sp³-hybridized carbons (Fsp3) is 0.726. The Hall–Kier alpha value is -3.41. The molecule has 0 aromatic heterocycles. The molecule has 0 saturated carbocycles. The molecule has 0 aromatic carbocycles. The second kappa shape index (κ2) is 56.2. The molecule has 0 bridgehead atoms. The summed E-state index contributed by atoms with van der Waals surface area (Å²) in [7, 11) is 0. The second-order valence-electron chi connectivity index (χ2n) is 18.8. The lowest BCUT2D eigenvalue weighted by Crippen LogP contribution is -2.30. The zero-order chi connectivity index (χ0) is 49.3. The Morgan fingerprint density at radius 1 is 0.294 bits per heavy atom. The van der Waals surface area contributed by atoms with Gasteiger partial charge in [-0.05, 0) is 96.3 Å². The van der Waals surface area contributed by atoms with Crippen LogP contribution >= 0.6 is 0 Å². The van der Waals surface area contributed by atoms with E-state index >= 15 is 0 Å². The summed E-state index contributed by atoms with van der Waals surface area (Å²) in [5.74, 6) is -0.999. The summed E-state index contributed by atoms with van der Waals surface area (Å²) in [6.07, 6.45) is 72.9. The molecule has 0 saturated heterocycles. The van der Waals surface area contributed by atoms with Gasteiger partial charge in [-0.1, -0.05) is 241 Å². The molecular formula is C62H106O6. The van der Waals surface area contributed by atoms with Gasteiger partial charge in [-0.15, -0.1) is 0 Å². The van der Waals surface area contributed by atoms with E-state index in [2.05, 4.69) is 106 Å². The number of carbonyl (C=O) groups is 3. The van der Waals surface area contributed by atoms with Crippen LogP contribution in [0.1, 0.15) is 271 Å². The van der Waals surface area contributed by atoms with Crippen molar-refractivity contribution in [2.24, 2.45) is 0 Å². The Morgan fingerprint density at radius 2 is 0.544 bits per heavy atom. The van der Waals surface area contributed by atoms with Crippen LogP contribution in [0.3, 0.4) is 0 Å². The molecule has 0 rings (SSSR count). The number of rotatable bonds is 51. The van der Waals surface area contributed by atoms with Crippen molar-refractivity contribution < 1.29 is 28.6 Å². The standard InChI is InChI=1S/C62H106O6/c1-4-7-10-13-16-19-22-25-28-30-32-34-37-40-43-46-49-52-55-61(64)67-58-59(57-66-60(63)54-51-48-45-42-39-36-33-27-24-21-18-15-12-9-6-3)68-62(65)56-53-50-47-44-41-38-35-31-29-26-23-20-17-14-11-8-5-2/h17-18,20-21,26-27,29,33,35,38-39,42,44,47,59H,4-16,19,22-25,28,30-32,34,36-37,40-41,43,45-46,48-58H2,1-3H3/b20-17-,21-18-,29-26-,33-27-,38-35-,42-39-,47-44-/t59-/m1/s1. The lowest BCUT2D eigenvalue weighted by atomic mass is 10.0. The predicted molar refractivity (Wildman–Crippen MR) is 293 cm³/mol. The van der Waals surface area contributed by atoms with Crippen LogP contribution in [0.5, 0.6) is 0 Å². The van der Waals surface area contributed by atoms with Crippen LogP contribution in [0.4, 0.5) is 0 Å². The van der Waals surface area contributed by atoms with Crippen LogP contribution in [0.15, 0.2) is 85.1 Å². The van der Waals surface area contributed by atoms with Crippen LogP contribution in [0, 0.1) is 0 Å². The number of carbonyl (C=O) groups excluding carboxylic acids is 3. The Labute approximate surface area is 420 Å². The molecule has 0 heterocycles. The SMILES string of the molecule is CCCCC/C=C\C/C=C\C/C=C\C/C=C\CCCC(=O)O[C@H](COC(=O)CCCC/C=C\C/C=C\C/C=C\CCCCC)COC(=O)CCCCCCCCCCCCCCCCCCCC. The third-order valence-corrected chi connectivity index (χ3v) is 12.1. The van der Waals surface area contributed by atoms with Crippen LogP contribution in [-0.4, -0.2) is 37.2 Å². The molecule has 0 spiro atoms. The Balaban J connectivity index is 4.50. The summed E-state index contributed by atoms with van der Waals surface area (Å²) >= 11 is 0. The fourth-order valence-corrected chi connectivity index (χ4v) is 7.79. The van der Waals surface area contributed by atoms with Gasteiger partial charge in [0, 0.05) is 19.3 Å². The van der Waals surface area contributed by atoms with Gasteiger partial charge in [-0.2, -0.15) is 0 Å². The summed E-state index contributed by atoms with van der Waals surface area (Å²) in [6.45, 7) is 6.52. The van der Waals surface area contributed by atoms with E-state index in [1.165, 1.54) is 148 Å². The minimum atomic E-state index is -0.820. The van der Waals surface area contributed by atoms with E-state index in [-0.39, 0.29) is 37.5 Å². The lowest BCUT2D eigenvalue weighted by Gasteiger charge is -2.18. The highest BCUT2D eigenvalue weighted by Gasteiger charge is 2.19. The summed E-state index contributed by atoms with van der Waals surface area (Å²) in [4.78, 5) is 38.1. The molecule has 0 aliphatic carbocycles. The summed E-state index contributed by atoms with van der Waals surface area (Å²) < 4.78 is 16.8. The van der Waals surface area contributed by atoms with E-state index in [0.29, 0.717) is 19.3 Å². The lowest BCUT2D eigenvalue weighted by molar-refractivity contribution is -0.167. The van der Waals surface area contributed by atoms with Gasteiger partial charge in [-0.3, -0.25) is 14.4 Å². The van der Waals surface area contributed by atoms with Crippen LogP contribution in [0.25, 0.3) is 0 Å². The number of unbranched alkanes of at least 4 members (excludes halogenated alkanes) is 26. The van der Waals surface area contributed by atoms with Gasteiger partial charge in [0.15, 0.2) is 6.10 Å². The van der Waals surface area contributed by atoms with Gasteiger partial charge in [0.25, 0.3) is 0 Å². The smallest absolute Gasteiger partial charge is 0.306 e. The highest BCUT2D eigenvalue weighted by molar-refractivity contribution is 5.71. The largest absolute Gasteiger partial charge is 0.462 e. The zero-order valence-electron chi connectivity index (χ0n) is 44.6. The van der Waals surface area contributed by atoms with Crippen molar-refractivity contribution in [2.45, 2.75) is 277 Å². The quantitative estimate of drug-likeness (QED) is 0.0262. The van der Waals surface area contributed by atoms with Crippen molar-refractivity contribution >= 4 is 17.9 Å². The molecule has 0 fully saturated rings. The number of esters is 3. The minimum Gasteiger partial charge on any atom is -0.462 e. The van der Waals surface area contributed by atoms with E-state index in [1.54, 1.807) is 0 Å². The molecule has 0 aliphatic rings. The Bertz CT molecular complexity index is 1320. The van der Waals surface area contributed by atoms with E-state index < -0.39 is 6.10 Å². The average Bonchev–Trinajstić information content (AvgIpc) is 3.34. The Morgan fingerprint density at radius 3 is 0.897 bits per heavy atom. The minimum absolute atomic E-state index is 0.109. The molecule has 0 amide bonds. The highest BCUT2D eigenvalue weighted by Crippen LogP contribution is 2.15. The molecule has 6 heteroatoms. The fourth-order valence-electron chi connectivity index (χ4n) is 7.79. The topological polar surface area (TPSA) is 78.9 Å². The van der Waals surface area contributed by atoms with Gasteiger partial charge < -0.3 is 14.2 Å². The van der Waals surface area contributed by atoms with Crippen molar-refractivity contribution in [1.82, 2.24) is 0 Å². The zero-order valence-corrected chi connectivity index (χ0v) is 44.6. The third kappa shape index (κ3) is 53.5. The van der Waals surface area contributed by atoms with Crippen LogP contribution in [0.2, 0.25) is 0 Å². The van der Waals surface area contributed by atoms with Gasteiger partial charge >= 0.3 is 17.9 Å². The molecular weight excluding hydrogens is 841 g/mol. The molecule has 0 N–H and O–H groups in total. The van der Waals surface area contributed by atoms with Gasteiger partial charge in [0.1, 0.15) is 13.2 Å². The van der Waals surface area contributed by atoms with Crippen molar-refractivity contribution in [3.8, 4) is 0 Å². The maximum Gasteiger partial charge on any atom is 0.306 e. The maximum absolute atomic E-state index is 12.8. The number of allylic oxidation sites excluding steroid dienone is 14. The first-order valence-electron chi connectivity index (χ1n) is 28.6. The van der Waals surface area contributed by atoms with E-state index in [0.717, 1.165) is 77.0 Å². The van der Waals surface area contributed by atoms with Crippen molar-refractivity contribution in [3.05, 3.63) is 85.1 Å². The molecule has 0 aromatic rings. The molecule has 390 valence electrons. The van der Waals surface area contributed by atoms with Crippen LogP contribution < -0.4 is 0 Å². The molecule has 6 nitrogen and oxygen atoms in total. The maximum atomic E-state index is 12.8. The summed E-state index contributed by atoms with van der Waals surface area (Å²) in [6, 6.07) is 0. The van der Waals surface area contributed by atoms with Crippen molar-refractivity contribution in [3.63, 3.8) is 0 Å². The first-order valence-corrected chi connectivity index (χ1v) is 28.6. The third-order valence-electron chi connectivity index (χ3n) is 12.1. The van der Waals surface area contributed by atoms with E-state index in [9.17, 15) is 14.4 Å². The Kier molecular flexibility index (Phi) is 53.4. The summed E-state index contributed by atoms with van der Waals surface area (Å²) in [5, 5.41) is 0.